The van der Waals surface area contributed by atoms with Crippen LogP contribution in [0.4, 0.5) is 0 Å². The molecule has 100 valence electrons. The quantitative estimate of drug-likeness (QED) is 0.811. The normalized spacial score (nSPS) is 10.4. The second kappa shape index (κ2) is 7.77. The average Bonchev–Trinajstić information content (AvgIpc) is 2.37. The number of aliphatic hydroxyl groups is 1. The fraction of sp³-hybridized carbons (Fsp3) is 0.462. The van der Waals surface area contributed by atoms with Crippen molar-refractivity contribution in [2.24, 2.45) is 0 Å². The monoisotopic (exact) mass is 333 g/mol. The molecule has 0 aliphatic rings. The van der Waals surface area contributed by atoms with Crippen molar-refractivity contribution >= 4 is 33.4 Å². The third-order valence-electron chi connectivity index (χ3n) is 2.66. The van der Waals surface area contributed by atoms with Crippen LogP contribution in [0.1, 0.15) is 29.6 Å². The Morgan fingerprint density at radius 2 is 2.11 bits per heavy atom. The highest BCUT2D eigenvalue weighted by Crippen LogP contribution is 2.23. The maximum absolute atomic E-state index is 12.1. The summed E-state index contributed by atoms with van der Waals surface area (Å²) in [6.07, 6.45) is 2.61. The Bertz CT molecular complexity index is 412. The summed E-state index contributed by atoms with van der Waals surface area (Å²) in [6, 6.07) is 5.19. The Balaban J connectivity index is 2.54. The van der Waals surface area contributed by atoms with Gasteiger partial charge < -0.3 is 10.0 Å². The average molecular weight is 335 g/mol. The number of benzene rings is 1. The van der Waals surface area contributed by atoms with Gasteiger partial charge in [-0.1, -0.05) is 11.6 Å². The largest absolute Gasteiger partial charge is 0.396 e. The zero-order valence-corrected chi connectivity index (χ0v) is 12.7. The molecule has 0 aromatic heterocycles. The van der Waals surface area contributed by atoms with Gasteiger partial charge in [0.15, 0.2) is 0 Å². The molecule has 0 saturated carbocycles. The van der Waals surface area contributed by atoms with Crippen molar-refractivity contribution < 1.29 is 9.90 Å². The Kier molecular flexibility index (Phi) is 6.68. The topological polar surface area (TPSA) is 40.5 Å². The first kappa shape index (κ1) is 15.5. The van der Waals surface area contributed by atoms with E-state index in [0.717, 1.165) is 23.7 Å². The minimum absolute atomic E-state index is 0.0339. The number of carbonyl (C=O) groups is 1. The number of nitrogens with zero attached hydrogens (tertiary/aromatic N) is 1. The van der Waals surface area contributed by atoms with E-state index in [9.17, 15) is 4.79 Å². The van der Waals surface area contributed by atoms with Crippen LogP contribution in [0.2, 0.25) is 5.02 Å². The summed E-state index contributed by atoms with van der Waals surface area (Å²) in [6.45, 7) is 0.895. The third kappa shape index (κ3) is 4.59. The van der Waals surface area contributed by atoms with Gasteiger partial charge in [-0.3, -0.25) is 4.79 Å². The summed E-state index contributed by atoms with van der Waals surface area (Å²) >= 11 is 9.26. The van der Waals surface area contributed by atoms with Gasteiger partial charge >= 0.3 is 0 Å². The fourth-order valence-corrected chi connectivity index (χ4v) is 2.02. The first-order valence-corrected chi connectivity index (χ1v) is 7.04. The Hall–Kier alpha value is -0.580. The van der Waals surface area contributed by atoms with E-state index in [1.165, 1.54) is 0 Å². The molecular weight excluding hydrogens is 318 g/mol. The summed E-state index contributed by atoms with van der Waals surface area (Å²) in [5.74, 6) is -0.0339. The van der Waals surface area contributed by atoms with Gasteiger partial charge in [0, 0.05) is 30.2 Å². The zero-order valence-electron chi connectivity index (χ0n) is 10.3. The molecule has 0 saturated heterocycles. The lowest BCUT2D eigenvalue weighted by Crippen LogP contribution is -2.27. The van der Waals surface area contributed by atoms with Crippen LogP contribution >= 0.6 is 27.5 Å². The van der Waals surface area contributed by atoms with Crippen molar-refractivity contribution in [3.63, 3.8) is 0 Å². The highest BCUT2D eigenvalue weighted by atomic mass is 79.9. The van der Waals surface area contributed by atoms with Gasteiger partial charge in [0.2, 0.25) is 0 Å². The van der Waals surface area contributed by atoms with Crippen molar-refractivity contribution in [1.29, 1.82) is 0 Å². The maximum Gasteiger partial charge on any atom is 0.253 e. The van der Waals surface area contributed by atoms with Gasteiger partial charge in [-0.25, -0.2) is 0 Å². The van der Waals surface area contributed by atoms with Gasteiger partial charge in [0.05, 0.1) is 5.02 Å². The predicted molar refractivity (Wildman–Crippen MR) is 77.0 cm³/mol. The van der Waals surface area contributed by atoms with Crippen LogP contribution in [0.25, 0.3) is 0 Å². The molecule has 0 aliphatic carbocycles. The van der Waals surface area contributed by atoms with Gasteiger partial charge in [-0.2, -0.15) is 0 Å². The number of aliphatic hydroxyl groups excluding tert-OH is 1. The number of unbranched alkanes of at least 4 members (excludes halogenated alkanes) is 2. The number of hydrogen-bond donors (Lipinski definition) is 1. The van der Waals surface area contributed by atoms with Crippen LogP contribution in [0, 0.1) is 0 Å². The minimum Gasteiger partial charge on any atom is -0.396 e. The molecule has 0 fully saturated rings. The number of hydrogen-bond acceptors (Lipinski definition) is 2. The molecule has 1 rings (SSSR count). The lowest BCUT2D eigenvalue weighted by atomic mass is 10.2. The van der Waals surface area contributed by atoms with E-state index in [-0.39, 0.29) is 12.5 Å². The minimum atomic E-state index is -0.0339. The molecule has 0 unspecified atom stereocenters. The molecule has 5 heteroatoms. The van der Waals surface area contributed by atoms with Crippen LogP contribution in [0.5, 0.6) is 0 Å². The highest BCUT2D eigenvalue weighted by molar-refractivity contribution is 9.10. The van der Waals surface area contributed by atoms with Gasteiger partial charge in [-0.05, 0) is 53.4 Å². The number of amides is 1. The molecule has 0 spiro atoms. The predicted octanol–water partition coefficient (Wildman–Crippen LogP) is 3.34. The molecule has 3 nitrogen and oxygen atoms in total. The van der Waals surface area contributed by atoms with E-state index >= 15 is 0 Å². The lowest BCUT2D eigenvalue weighted by molar-refractivity contribution is 0.0792. The Morgan fingerprint density at radius 1 is 1.39 bits per heavy atom. The van der Waals surface area contributed by atoms with E-state index < -0.39 is 0 Å². The molecule has 0 aliphatic heterocycles. The molecule has 1 N–H and O–H groups in total. The molecule has 1 aromatic carbocycles. The Morgan fingerprint density at radius 3 is 2.72 bits per heavy atom. The van der Waals surface area contributed by atoms with E-state index in [2.05, 4.69) is 15.9 Å². The molecule has 0 heterocycles. The SMILES string of the molecule is CN(CCCCCO)C(=O)c1ccc(Br)c(Cl)c1. The van der Waals surface area contributed by atoms with Crippen molar-refractivity contribution in [3.8, 4) is 0 Å². The summed E-state index contributed by atoms with van der Waals surface area (Å²) in [4.78, 5) is 13.8. The highest BCUT2D eigenvalue weighted by Gasteiger charge is 2.12. The molecule has 0 radical (unpaired) electrons. The third-order valence-corrected chi connectivity index (χ3v) is 3.90. The van der Waals surface area contributed by atoms with E-state index in [1.807, 2.05) is 0 Å². The van der Waals surface area contributed by atoms with Crippen molar-refractivity contribution in [3.05, 3.63) is 33.3 Å². The summed E-state index contributed by atoms with van der Waals surface area (Å²) in [7, 11) is 1.78. The van der Waals surface area contributed by atoms with Crippen LogP contribution in [0.15, 0.2) is 22.7 Å². The number of carbonyl (C=O) groups excluding carboxylic acids is 1. The molecule has 1 aromatic rings. The first-order chi connectivity index (χ1) is 8.56. The first-order valence-electron chi connectivity index (χ1n) is 5.87. The van der Waals surface area contributed by atoms with Crippen molar-refractivity contribution in [2.75, 3.05) is 20.2 Å². The molecular formula is C13H17BrClNO2. The summed E-state index contributed by atoms with van der Waals surface area (Å²) < 4.78 is 0.784. The second-order valence-corrected chi connectivity index (χ2v) is 5.40. The van der Waals surface area contributed by atoms with Crippen molar-refractivity contribution in [1.82, 2.24) is 4.90 Å². The summed E-state index contributed by atoms with van der Waals surface area (Å²) in [5, 5.41) is 9.21. The van der Waals surface area contributed by atoms with Crippen LogP contribution in [0.3, 0.4) is 0 Å². The number of halogens is 2. The summed E-state index contributed by atoms with van der Waals surface area (Å²) in [5.41, 5.74) is 0.591. The zero-order chi connectivity index (χ0) is 13.5. The Labute approximate surface area is 121 Å². The van der Waals surface area contributed by atoms with Crippen LogP contribution < -0.4 is 0 Å². The van der Waals surface area contributed by atoms with Crippen LogP contribution in [-0.4, -0.2) is 36.1 Å². The van der Waals surface area contributed by atoms with Crippen LogP contribution in [-0.2, 0) is 0 Å². The van der Waals surface area contributed by atoms with E-state index in [4.69, 9.17) is 16.7 Å². The van der Waals surface area contributed by atoms with Crippen molar-refractivity contribution in [2.45, 2.75) is 19.3 Å². The smallest absolute Gasteiger partial charge is 0.253 e. The molecule has 1 amide bonds. The van der Waals surface area contributed by atoms with Gasteiger partial charge in [-0.15, -0.1) is 0 Å². The second-order valence-electron chi connectivity index (χ2n) is 4.14. The molecule has 18 heavy (non-hydrogen) atoms. The molecule has 0 bridgehead atoms. The van der Waals surface area contributed by atoms with E-state index in [0.29, 0.717) is 17.1 Å². The maximum atomic E-state index is 12.1. The van der Waals surface area contributed by atoms with Gasteiger partial charge in [0.1, 0.15) is 0 Å². The van der Waals surface area contributed by atoms with Gasteiger partial charge in [0.25, 0.3) is 5.91 Å². The standard InChI is InChI=1S/C13H17BrClNO2/c1-16(7-3-2-4-8-17)13(18)10-5-6-11(14)12(15)9-10/h5-6,9,17H,2-4,7-8H2,1H3. The molecule has 0 atom stereocenters. The lowest BCUT2D eigenvalue weighted by Gasteiger charge is -2.17. The fourth-order valence-electron chi connectivity index (χ4n) is 1.59. The van der Waals surface area contributed by atoms with E-state index in [1.54, 1.807) is 30.1 Å². The number of rotatable bonds is 6.